The number of nitrogen functional groups attached to an aromatic ring is 1. The first kappa shape index (κ1) is 16.1. The Labute approximate surface area is 137 Å². The largest absolute Gasteiger partial charge is 0.290 e. The van der Waals surface area contributed by atoms with Gasteiger partial charge in [0.15, 0.2) is 0 Å². The first-order valence-corrected chi connectivity index (χ1v) is 8.28. The van der Waals surface area contributed by atoms with Crippen LogP contribution in [0.3, 0.4) is 0 Å². The van der Waals surface area contributed by atoms with Gasteiger partial charge in [0.2, 0.25) is 0 Å². The first-order valence-electron chi connectivity index (χ1n) is 6.50. The minimum absolute atomic E-state index is 0.288. The van der Waals surface area contributed by atoms with Crippen molar-refractivity contribution >= 4 is 33.6 Å². The third-order valence-corrected chi connectivity index (χ3v) is 5.12. The highest BCUT2D eigenvalue weighted by Crippen LogP contribution is 2.30. The zero-order chi connectivity index (χ0) is 15.4. The zero-order valence-corrected chi connectivity index (χ0v) is 14.3. The van der Waals surface area contributed by atoms with Crippen LogP contribution in [0.2, 0.25) is 0 Å². The van der Waals surface area contributed by atoms with Crippen LogP contribution in [0.15, 0.2) is 45.8 Å². The van der Waals surface area contributed by atoms with Gasteiger partial charge in [0, 0.05) is 20.7 Å². The van der Waals surface area contributed by atoms with E-state index >= 15 is 0 Å². The number of amides is 1. The Hall–Kier alpha value is -1.30. The normalized spacial score (nSPS) is 10.5. The monoisotopic (exact) mass is 364 g/mol. The summed E-state index contributed by atoms with van der Waals surface area (Å²) in [6.07, 6.45) is 0. The summed E-state index contributed by atoms with van der Waals surface area (Å²) in [4.78, 5) is 12.8. The average molecular weight is 365 g/mol. The van der Waals surface area contributed by atoms with Gasteiger partial charge in [-0.25, -0.2) is 5.84 Å². The molecule has 2 rings (SSSR count). The topological polar surface area (TPSA) is 55.1 Å². The second-order valence-electron chi connectivity index (χ2n) is 4.84. The van der Waals surface area contributed by atoms with E-state index < -0.39 is 0 Å². The van der Waals surface area contributed by atoms with Crippen molar-refractivity contribution < 1.29 is 4.79 Å². The van der Waals surface area contributed by atoms with E-state index in [9.17, 15) is 4.79 Å². The van der Waals surface area contributed by atoms with Crippen molar-refractivity contribution in [3.63, 3.8) is 0 Å². The molecule has 0 aliphatic heterocycles. The van der Waals surface area contributed by atoms with Gasteiger partial charge in [0.1, 0.15) is 0 Å². The van der Waals surface area contributed by atoms with Crippen LogP contribution in [0.25, 0.3) is 0 Å². The summed E-state index contributed by atoms with van der Waals surface area (Å²) in [5.74, 6) is 5.69. The highest BCUT2D eigenvalue weighted by Gasteiger charge is 2.08. The molecule has 0 aliphatic rings. The molecule has 0 radical (unpaired) electrons. The minimum Gasteiger partial charge on any atom is -0.290 e. The molecule has 21 heavy (non-hydrogen) atoms. The maximum atomic E-state index is 11.5. The Balaban J connectivity index is 2.13. The van der Waals surface area contributed by atoms with E-state index in [4.69, 9.17) is 5.84 Å². The van der Waals surface area contributed by atoms with Gasteiger partial charge in [-0.3, -0.25) is 10.2 Å². The Morgan fingerprint density at radius 1 is 1.24 bits per heavy atom. The number of aryl methyl sites for hydroxylation is 2. The third kappa shape index (κ3) is 4.09. The standard InChI is InChI=1S/C16H17BrN2OS/c1-10-3-4-11(2)15(7-10)21-9-13-6-5-12(8-14(13)17)16(20)19-18/h3-8H,9,18H2,1-2H3,(H,19,20). The number of hydrogen-bond donors (Lipinski definition) is 2. The number of halogens is 1. The second-order valence-corrected chi connectivity index (χ2v) is 6.71. The van der Waals surface area contributed by atoms with Crippen LogP contribution in [-0.4, -0.2) is 5.91 Å². The van der Waals surface area contributed by atoms with Gasteiger partial charge < -0.3 is 0 Å². The number of thioether (sulfide) groups is 1. The lowest BCUT2D eigenvalue weighted by atomic mass is 10.1. The molecule has 1 amide bonds. The SMILES string of the molecule is Cc1ccc(C)c(SCc2ccc(C(=O)NN)cc2Br)c1. The van der Waals surface area contributed by atoms with Crippen LogP contribution < -0.4 is 11.3 Å². The number of benzene rings is 2. The summed E-state index contributed by atoms with van der Waals surface area (Å²) < 4.78 is 0.918. The van der Waals surface area contributed by atoms with Crippen LogP contribution in [0.1, 0.15) is 27.0 Å². The summed E-state index contributed by atoms with van der Waals surface area (Å²) in [7, 11) is 0. The lowest BCUT2D eigenvalue weighted by molar-refractivity contribution is 0.0953. The fourth-order valence-corrected chi connectivity index (χ4v) is 3.74. The van der Waals surface area contributed by atoms with Crippen LogP contribution in [0, 0.1) is 13.8 Å². The van der Waals surface area contributed by atoms with Crippen molar-refractivity contribution in [3.8, 4) is 0 Å². The van der Waals surface area contributed by atoms with Crippen molar-refractivity contribution in [1.29, 1.82) is 0 Å². The van der Waals surface area contributed by atoms with E-state index in [0.29, 0.717) is 5.56 Å². The van der Waals surface area contributed by atoms with Gasteiger partial charge in [0.25, 0.3) is 5.91 Å². The highest BCUT2D eigenvalue weighted by atomic mass is 79.9. The van der Waals surface area contributed by atoms with E-state index in [2.05, 4.69) is 53.4 Å². The van der Waals surface area contributed by atoms with Crippen molar-refractivity contribution in [2.75, 3.05) is 0 Å². The van der Waals surface area contributed by atoms with Gasteiger partial charge in [-0.05, 0) is 43.2 Å². The number of nitrogens with two attached hydrogens (primary N) is 1. The Kier molecular flexibility index (Phi) is 5.45. The molecule has 0 atom stereocenters. The van der Waals surface area contributed by atoms with Crippen molar-refractivity contribution in [2.24, 2.45) is 5.84 Å². The van der Waals surface area contributed by atoms with Crippen LogP contribution in [-0.2, 0) is 5.75 Å². The average Bonchev–Trinajstić information content (AvgIpc) is 2.48. The maximum Gasteiger partial charge on any atom is 0.265 e. The quantitative estimate of drug-likeness (QED) is 0.373. The molecule has 0 saturated heterocycles. The first-order chi connectivity index (χ1) is 10.0. The van der Waals surface area contributed by atoms with E-state index in [0.717, 1.165) is 15.8 Å². The van der Waals surface area contributed by atoms with Crippen LogP contribution >= 0.6 is 27.7 Å². The maximum absolute atomic E-state index is 11.5. The third-order valence-electron chi connectivity index (χ3n) is 3.17. The van der Waals surface area contributed by atoms with Gasteiger partial charge in [-0.15, -0.1) is 11.8 Å². The lowest BCUT2D eigenvalue weighted by Gasteiger charge is -2.09. The molecule has 0 fully saturated rings. The molecule has 2 aromatic carbocycles. The van der Waals surface area contributed by atoms with Gasteiger partial charge in [0.05, 0.1) is 0 Å². The number of carbonyl (C=O) groups is 1. The molecule has 0 heterocycles. The lowest BCUT2D eigenvalue weighted by Crippen LogP contribution is -2.29. The molecule has 110 valence electrons. The molecule has 5 heteroatoms. The molecule has 3 nitrogen and oxygen atoms in total. The molecular formula is C16H17BrN2OS. The second kappa shape index (κ2) is 7.11. The molecule has 0 aromatic heterocycles. The molecule has 2 aromatic rings. The van der Waals surface area contributed by atoms with E-state index in [1.54, 1.807) is 23.9 Å². The molecule has 0 aliphatic carbocycles. The number of nitrogens with one attached hydrogen (secondary N) is 1. The van der Waals surface area contributed by atoms with Crippen molar-refractivity contribution in [2.45, 2.75) is 24.5 Å². The fourth-order valence-electron chi connectivity index (χ4n) is 1.91. The Bertz CT molecular complexity index is 673. The Morgan fingerprint density at radius 2 is 2.00 bits per heavy atom. The van der Waals surface area contributed by atoms with Gasteiger partial charge in [-0.1, -0.05) is 39.7 Å². The summed E-state index contributed by atoms with van der Waals surface area (Å²) in [5, 5.41) is 0. The minimum atomic E-state index is -0.288. The summed E-state index contributed by atoms with van der Waals surface area (Å²) in [5.41, 5.74) is 6.37. The molecule has 0 saturated carbocycles. The van der Waals surface area contributed by atoms with Crippen molar-refractivity contribution in [1.82, 2.24) is 5.43 Å². The van der Waals surface area contributed by atoms with E-state index in [1.165, 1.54) is 16.0 Å². The fraction of sp³-hybridized carbons (Fsp3) is 0.188. The number of hydrazine groups is 1. The molecule has 0 bridgehead atoms. The molecule has 0 spiro atoms. The molecular weight excluding hydrogens is 348 g/mol. The Morgan fingerprint density at radius 3 is 2.67 bits per heavy atom. The van der Waals surface area contributed by atoms with Crippen LogP contribution in [0.5, 0.6) is 0 Å². The summed E-state index contributed by atoms with van der Waals surface area (Å²) in [6.45, 7) is 4.21. The number of carbonyl (C=O) groups excluding carboxylic acids is 1. The predicted octanol–water partition coefficient (Wildman–Crippen LogP) is 3.96. The van der Waals surface area contributed by atoms with E-state index in [1.807, 2.05) is 6.07 Å². The summed E-state index contributed by atoms with van der Waals surface area (Å²) in [6, 6.07) is 12.0. The van der Waals surface area contributed by atoms with Gasteiger partial charge >= 0.3 is 0 Å². The summed E-state index contributed by atoms with van der Waals surface area (Å²) >= 11 is 5.31. The van der Waals surface area contributed by atoms with Gasteiger partial charge in [-0.2, -0.15) is 0 Å². The van der Waals surface area contributed by atoms with Crippen LogP contribution in [0.4, 0.5) is 0 Å². The highest BCUT2D eigenvalue weighted by molar-refractivity contribution is 9.10. The molecule has 0 unspecified atom stereocenters. The predicted molar refractivity (Wildman–Crippen MR) is 91.3 cm³/mol. The number of rotatable bonds is 4. The molecule has 3 N–H and O–H groups in total. The zero-order valence-electron chi connectivity index (χ0n) is 11.9. The van der Waals surface area contributed by atoms with Crippen molar-refractivity contribution in [3.05, 3.63) is 63.1 Å². The smallest absolute Gasteiger partial charge is 0.265 e. The van der Waals surface area contributed by atoms with E-state index in [-0.39, 0.29) is 5.91 Å². The number of hydrogen-bond acceptors (Lipinski definition) is 3.